The molecule has 0 radical (unpaired) electrons. The molecule has 4 aromatic rings. The molecule has 4 aliphatic rings. The van der Waals surface area contributed by atoms with Gasteiger partial charge in [0.05, 0.1) is 35.6 Å². The third kappa shape index (κ3) is 6.37. The van der Waals surface area contributed by atoms with Gasteiger partial charge in [-0.2, -0.15) is 0 Å². The van der Waals surface area contributed by atoms with Crippen molar-refractivity contribution >= 4 is 58.5 Å². The summed E-state index contributed by atoms with van der Waals surface area (Å²) in [6.45, 7) is 15.4. The van der Waals surface area contributed by atoms with E-state index in [0.29, 0.717) is 24.1 Å². The van der Waals surface area contributed by atoms with E-state index in [9.17, 15) is 4.79 Å². The first-order valence-corrected chi connectivity index (χ1v) is 21.2. The lowest BCUT2D eigenvalue weighted by Gasteiger charge is -2.50. The van der Waals surface area contributed by atoms with Crippen molar-refractivity contribution in [1.29, 1.82) is 0 Å². The van der Waals surface area contributed by atoms with Gasteiger partial charge in [0.15, 0.2) is 0 Å². The fourth-order valence-electron chi connectivity index (χ4n) is 9.19. The summed E-state index contributed by atoms with van der Waals surface area (Å²) < 4.78 is 19.5. The highest BCUT2D eigenvalue weighted by Gasteiger charge is 2.58. The SMILES string of the molecule is CC1(N2CCN(c3cc4cc(NC(=O)C5CC56CCOCC6)ncc4cc3Cl)CC2)COCC1O[Si](c1ccccc1)(c1ccccc1)C(C)(C)C. The molecule has 8 rings (SSSR count). The number of pyridine rings is 1. The molecule has 52 heavy (non-hydrogen) atoms. The molecule has 4 heterocycles. The van der Waals surface area contributed by atoms with Crippen molar-refractivity contribution in [2.75, 3.05) is 62.8 Å². The van der Waals surface area contributed by atoms with Crippen molar-refractivity contribution in [3.05, 3.63) is 90.1 Å². The molecule has 1 saturated carbocycles. The van der Waals surface area contributed by atoms with Gasteiger partial charge in [0.25, 0.3) is 8.32 Å². The second-order valence-electron chi connectivity index (χ2n) is 16.6. The maximum absolute atomic E-state index is 13.2. The fourth-order valence-corrected chi connectivity index (χ4v) is 14.2. The highest BCUT2D eigenvalue weighted by atomic mass is 35.5. The minimum Gasteiger partial charge on any atom is -0.400 e. The van der Waals surface area contributed by atoms with Gasteiger partial charge in [-0.15, -0.1) is 0 Å². The maximum Gasteiger partial charge on any atom is 0.261 e. The standard InChI is InChI=1S/C42H51ClN4O4Si/c1-40(2,3)52(32-11-7-5-8-12-32,33-13-9-6-10-14-33)51-37-28-50-29-41(37,4)47-19-17-46(18-20-47)36-24-30-25-38(44-27-31(30)23-35(36)43)45-39(48)34-26-42(34)15-21-49-22-16-42/h5-14,23-25,27,34,37H,15-22,26,28-29H2,1-4H3,(H,44,45,48). The van der Waals surface area contributed by atoms with Gasteiger partial charge in [-0.25, -0.2) is 4.98 Å². The van der Waals surface area contributed by atoms with Crippen LogP contribution in [0, 0.1) is 11.3 Å². The summed E-state index contributed by atoms with van der Waals surface area (Å²) in [5.74, 6) is 0.707. The molecule has 10 heteroatoms. The van der Waals surface area contributed by atoms with Gasteiger partial charge < -0.3 is 24.1 Å². The van der Waals surface area contributed by atoms with Gasteiger partial charge in [-0.1, -0.05) is 93.0 Å². The molecule has 3 saturated heterocycles. The molecule has 3 aromatic carbocycles. The van der Waals surface area contributed by atoms with E-state index in [4.69, 9.17) is 25.5 Å². The van der Waals surface area contributed by atoms with Crippen LogP contribution in [0.1, 0.15) is 47.0 Å². The minimum absolute atomic E-state index is 0.0481. The summed E-state index contributed by atoms with van der Waals surface area (Å²) >= 11 is 6.94. The Kier molecular flexibility index (Phi) is 9.50. The summed E-state index contributed by atoms with van der Waals surface area (Å²) in [5.41, 5.74) is 0.848. The zero-order chi connectivity index (χ0) is 36.1. The first kappa shape index (κ1) is 35.7. The third-order valence-corrected chi connectivity index (χ3v) is 17.8. The van der Waals surface area contributed by atoms with Gasteiger partial charge in [-0.3, -0.25) is 9.69 Å². The number of halogens is 1. The summed E-state index contributed by atoms with van der Waals surface area (Å²) in [6.07, 6.45) is 4.59. The van der Waals surface area contributed by atoms with Gasteiger partial charge in [0.1, 0.15) is 5.82 Å². The predicted molar refractivity (Wildman–Crippen MR) is 211 cm³/mol. The van der Waals surface area contributed by atoms with E-state index in [-0.39, 0.29) is 33.9 Å². The molecule has 1 amide bonds. The minimum atomic E-state index is -2.77. The Morgan fingerprint density at radius 1 is 0.923 bits per heavy atom. The van der Waals surface area contributed by atoms with Gasteiger partial charge in [0.2, 0.25) is 5.91 Å². The number of nitrogens with zero attached hydrogens (tertiary/aromatic N) is 3. The van der Waals surface area contributed by atoms with Crippen molar-refractivity contribution < 1.29 is 18.7 Å². The largest absolute Gasteiger partial charge is 0.400 e. The van der Waals surface area contributed by atoms with E-state index < -0.39 is 8.32 Å². The first-order valence-electron chi connectivity index (χ1n) is 18.9. The van der Waals surface area contributed by atoms with E-state index >= 15 is 0 Å². The molecule has 1 aromatic heterocycles. The highest BCUT2D eigenvalue weighted by molar-refractivity contribution is 6.99. The van der Waals surface area contributed by atoms with Crippen LogP contribution in [-0.2, 0) is 18.7 Å². The molecule has 1 N–H and O–H groups in total. The number of carbonyl (C=O) groups is 1. The van der Waals surface area contributed by atoms with Crippen LogP contribution >= 0.6 is 11.6 Å². The van der Waals surface area contributed by atoms with Crippen molar-refractivity contribution in [2.45, 2.75) is 63.6 Å². The normalized spacial score (nSPS) is 25.1. The van der Waals surface area contributed by atoms with E-state index in [1.165, 1.54) is 10.4 Å². The molecule has 3 aliphatic heterocycles. The molecule has 274 valence electrons. The van der Waals surface area contributed by atoms with Crippen molar-refractivity contribution in [2.24, 2.45) is 11.3 Å². The second kappa shape index (κ2) is 13.8. The molecule has 1 spiro atoms. The van der Waals surface area contributed by atoms with Crippen LogP contribution < -0.4 is 20.6 Å². The number of carbonyl (C=O) groups excluding carboxylic acids is 1. The van der Waals surface area contributed by atoms with E-state index in [0.717, 1.165) is 75.1 Å². The molecule has 3 unspecified atom stereocenters. The summed E-state index contributed by atoms with van der Waals surface area (Å²) in [6, 6.07) is 27.9. The van der Waals surface area contributed by atoms with Crippen LogP contribution in [0.25, 0.3) is 10.8 Å². The van der Waals surface area contributed by atoms with Crippen LogP contribution in [0.3, 0.4) is 0 Å². The molecular formula is C42H51ClN4O4Si. The lowest BCUT2D eigenvalue weighted by molar-refractivity contribution is -0.118. The zero-order valence-electron chi connectivity index (χ0n) is 30.9. The van der Waals surface area contributed by atoms with Gasteiger partial charge in [0, 0.05) is 56.9 Å². The molecule has 1 aliphatic carbocycles. The molecule has 3 atom stereocenters. The lowest BCUT2D eigenvalue weighted by Crippen LogP contribution is -2.71. The number of hydrogen-bond donors (Lipinski definition) is 1. The number of amides is 1. The molecular weight excluding hydrogens is 688 g/mol. The lowest BCUT2D eigenvalue weighted by atomic mass is 9.93. The van der Waals surface area contributed by atoms with E-state index in [1.54, 1.807) is 0 Å². The number of ether oxygens (including phenoxy) is 2. The number of fused-ring (bicyclic) bond motifs is 1. The average molecular weight is 739 g/mol. The number of nitrogens with one attached hydrogen (secondary N) is 1. The van der Waals surface area contributed by atoms with Crippen molar-refractivity contribution in [1.82, 2.24) is 9.88 Å². The third-order valence-electron chi connectivity index (χ3n) is 12.5. The summed E-state index contributed by atoms with van der Waals surface area (Å²) in [4.78, 5) is 22.7. The maximum atomic E-state index is 13.2. The smallest absolute Gasteiger partial charge is 0.261 e. The topological polar surface area (TPSA) is 76.2 Å². The van der Waals surface area contributed by atoms with Crippen LogP contribution in [0.5, 0.6) is 0 Å². The molecule has 0 bridgehead atoms. The Labute approximate surface area is 313 Å². The number of aromatic nitrogens is 1. The predicted octanol–water partition coefficient (Wildman–Crippen LogP) is 6.50. The number of rotatable bonds is 8. The average Bonchev–Trinajstić information content (AvgIpc) is 3.71. The Hall–Kier alpha value is -3.31. The second-order valence-corrected chi connectivity index (χ2v) is 21.2. The van der Waals surface area contributed by atoms with Gasteiger partial charge >= 0.3 is 0 Å². The van der Waals surface area contributed by atoms with E-state index in [2.05, 4.69) is 115 Å². The molecule has 8 nitrogen and oxygen atoms in total. The monoisotopic (exact) mass is 738 g/mol. The van der Waals surface area contributed by atoms with Crippen LogP contribution in [0.2, 0.25) is 10.1 Å². The number of piperazine rings is 1. The quantitative estimate of drug-likeness (QED) is 0.207. The van der Waals surface area contributed by atoms with E-state index in [1.807, 2.05) is 18.3 Å². The Morgan fingerprint density at radius 3 is 2.21 bits per heavy atom. The van der Waals surface area contributed by atoms with Crippen LogP contribution in [0.15, 0.2) is 85.1 Å². The van der Waals surface area contributed by atoms with Gasteiger partial charge in [-0.05, 0) is 70.6 Å². The number of hydrogen-bond acceptors (Lipinski definition) is 7. The highest BCUT2D eigenvalue weighted by Crippen LogP contribution is 2.59. The fraction of sp³-hybridized carbons (Fsp3) is 0.476. The zero-order valence-corrected chi connectivity index (χ0v) is 32.6. The summed E-state index contributed by atoms with van der Waals surface area (Å²) in [7, 11) is -2.77. The van der Waals surface area contributed by atoms with Crippen molar-refractivity contribution in [3.8, 4) is 0 Å². The Balaban J connectivity index is 0.992. The van der Waals surface area contributed by atoms with Crippen LogP contribution in [-0.4, -0.2) is 88.4 Å². The Morgan fingerprint density at radius 2 is 1.58 bits per heavy atom. The number of benzene rings is 3. The molecule has 4 fully saturated rings. The summed E-state index contributed by atoms with van der Waals surface area (Å²) in [5, 5.41) is 8.24. The number of anilines is 2. The Bertz CT molecular complexity index is 1870. The van der Waals surface area contributed by atoms with Crippen molar-refractivity contribution in [3.63, 3.8) is 0 Å². The first-order chi connectivity index (χ1) is 25.0. The van der Waals surface area contributed by atoms with Crippen LogP contribution in [0.4, 0.5) is 11.5 Å².